The molecule has 0 saturated heterocycles. The van der Waals surface area contributed by atoms with Crippen LogP contribution < -0.4 is 16.0 Å². The number of hydrazine groups is 1. The lowest BCUT2D eigenvalue weighted by Gasteiger charge is -2.17. The van der Waals surface area contributed by atoms with Gasteiger partial charge in [-0.1, -0.05) is 29.8 Å². The second kappa shape index (κ2) is 6.56. The van der Waals surface area contributed by atoms with Crippen LogP contribution in [0.5, 0.6) is 5.75 Å². The topological polar surface area (TPSA) is 65.1 Å². The van der Waals surface area contributed by atoms with Crippen molar-refractivity contribution in [3.63, 3.8) is 0 Å². The number of aryl methyl sites for hydroxylation is 1. The fourth-order valence-electron chi connectivity index (χ4n) is 1.92. The minimum Gasteiger partial charge on any atom is -0.494 e. The van der Waals surface area contributed by atoms with Crippen LogP contribution in [-0.2, 0) is 7.05 Å². The van der Waals surface area contributed by atoms with Crippen LogP contribution >= 0.6 is 11.6 Å². The Hall–Kier alpha value is -1.56. The van der Waals surface area contributed by atoms with Gasteiger partial charge < -0.3 is 4.74 Å². The summed E-state index contributed by atoms with van der Waals surface area (Å²) < 4.78 is 7.37. The van der Waals surface area contributed by atoms with Crippen molar-refractivity contribution in [3.05, 3.63) is 47.2 Å². The summed E-state index contributed by atoms with van der Waals surface area (Å²) in [5.41, 5.74) is 3.61. The molecule has 0 spiro atoms. The van der Waals surface area contributed by atoms with Crippen molar-refractivity contribution in [3.8, 4) is 5.75 Å². The van der Waals surface area contributed by atoms with Gasteiger partial charge >= 0.3 is 0 Å². The molecule has 19 heavy (non-hydrogen) atoms. The molecule has 3 N–H and O–H groups in total. The Bertz CT molecular complexity index is 495. The monoisotopic (exact) mass is 280 g/mol. The maximum absolute atomic E-state index is 6.09. The van der Waals surface area contributed by atoms with Gasteiger partial charge in [0, 0.05) is 13.5 Å². The first kappa shape index (κ1) is 13.9. The zero-order valence-corrected chi connectivity index (χ0v) is 11.5. The number of nitrogens with two attached hydrogens (primary N) is 1. The summed E-state index contributed by atoms with van der Waals surface area (Å²) >= 11 is 6.09. The molecule has 0 bridgehead atoms. The molecule has 1 atom stereocenters. The minimum atomic E-state index is -0.0938. The highest BCUT2D eigenvalue weighted by Gasteiger charge is 2.17. The second-order valence-corrected chi connectivity index (χ2v) is 4.58. The van der Waals surface area contributed by atoms with Crippen LogP contribution in [0.3, 0.4) is 0 Å². The van der Waals surface area contributed by atoms with Gasteiger partial charge in [-0.05, 0) is 12.1 Å². The summed E-state index contributed by atoms with van der Waals surface area (Å²) in [5.74, 6) is 6.42. The van der Waals surface area contributed by atoms with Crippen molar-refractivity contribution in [2.24, 2.45) is 12.9 Å². The van der Waals surface area contributed by atoms with Gasteiger partial charge in [0.2, 0.25) is 0 Å². The lowest BCUT2D eigenvalue weighted by atomic mass is 10.1. The van der Waals surface area contributed by atoms with Gasteiger partial charge in [0.15, 0.2) is 0 Å². The van der Waals surface area contributed by atoms with Gasteiger partial charge in [-0.3, -0.25) is 16.0 Å². The number of halogens is 1. The van der Waals surface area contributed by atoms with E-state index < -0.39 is 0 Å². The number of nitrogens with zero attached hydrogens (tertiary/aromatic N) is 2. The fourth-order valence-corrected chi connectivity index (χ4v) is 2.22. The number of rotatable bonds is 6. The van der Waals surface area contributed by atoms with Gasteiger partial charge in [-0.15, -0.1) is 0 Å². The average molecular weight is 281 g/mol. The molecule has 2 aromatic rings. The van der Waals surface area contributed by atoms with Crippen LogP contribution in [0.2, 0.25) is 5.02 Å². The number of hydrogen-bond acceptors (Lipinski definition) is 4. The number of nitrogens with one attached hydrogen (secondary N) is 1. The van der Waals surface area contributed by atoms with Gasteiger partial charge in [0.25, 0.3) is 0 Å². The SMILES string of the molecule is Cn1ncc(Cl)c1C(CCOc1ccccc1)NN. The van der Waals surface area contributed by atoms with Crippen molar-refractivity contribution < 1.29 is 4.74 Å². The molecular formula is C13H17ClN4O. The fraction of sp³-hybridized carbons (Fsp3) is 0.308. The molecule has 0 aliphatic rings. The van der Waals surface area contributed by atoms with Crippen molar-refractivity contribution >= 4 is 11.6 Å². The molecule has 102 valence electrons. The lowest BCUT2D eigenvalue weighted by Crippen LogP contribution is -2.31. The second-order valence-electron chi connectivity index (χ2n) is 4.17. The van der Waals surface area contributed by atoms with Gasteiger partial charge in [-0.2, -0.15) is 5.10 Å². The number of ether oxygens (including phenoxy) is 1. The van der Waals surface area contributed by atoms with Crippen molar-refractivity contribution in [2.75, 3.05) is 6.61 Å². The first-order valence-corrected chi connectivity index (χ1v) is 6.41. The molecule has 1 heterocycles. The molecule has 0 saturated carbocycles. The van der Waals surface area contributed by atoms with Crippen LogP contribution in [-0.4, -0.2) is 16.4 Å². The normalized spacial score (nSPS) is 12.4. The quantitative estimate of drug-likeness (QED) is 0.628. The Morgan fingerprint density at radius 2 is 2.16 bits per heavy atom. The molecule has 0 amide bonds. The van der Waals surface area contributed by atoms with Crippen LogP contribution in [0, 0.1) is 0 Å². The predicted octanol–water partition coefficient (Wildman–Crippen LogP) is 2.05. The van der Waals surface area contributed by atoms with E-state index in [1.807, 2.05) is 37.4 Å². The van der Waals surface area contributed by atoms with Crippen molar-refractivity contribution in [2.45, 2.75) is 12.5 Å². The van der Waals surface area contributed by atoms with Gasteiger partial charge in [0.05, 0.1) is 29.6 Å². The smallest absolute Gasteiger partial charge is 0.119 e. The standard InChI is InChI=1S/C13H17ClN4O/c1-18-13(11(14)9-16-18)12(17-15)7-8-19-10-5-3-2-4-6-10/h2-6,9,12,17H,7-8,15H2,1H3. The zero-order valence-electron chi connectivity index (χ0n) is 10.7. The van der Waals surface area contributed by atoms with E-state index in [1.54, 1.807) is 10.9 Å². The molecule has 1 unspecified atom stereocenters. The zero-order chi connectivity index (χ0) is 13.7. The molecule has 1 aromatic heterocycles. The van der Waals surface area contributed by atoms with Crippen LogP contribution in [0.25, 0.3) is 0 Å². The third-order valence-corrected chi connectivity index (χ3v) is 3.18. The summed E-state index contributed by atoms with van der Waals surface area (Å²) in [4.78, 5) is 0. The average Bonchev–Trinajstić information content (AvgIpc) is 2.76. The van der Waals surface area contributed by atoms with Gasteiger partial charge in [-0.25, -0.2) is 0 Å². The molecule has 6 heteroatoms. The highest BCUT2D eigenvalue weighted by atomic mass is 35.5. The molecule has 0 radical (unpaired) electrons. The van der Waals surface area contributed by atoms with E-state index in [4.69, 9.17) is 22.2 Å². The Labute approximate surface area is 117 Å². The molecule has 0 fully saturated rings. The molecule has 5 nitrogen and oxygen atoms in total. The summed E-state index contributed by atoms with van der Waals surface area (Å²) in [7, 11) is 1.84. The number of benzene rings is 1. The van der Waals surface area contributed by atoms with Crippen LogP contribution in [0.15, 0.2) is 36.5 Å². The number of hydrogen-bond donors (Lipinski definition) is 2. The Morgan fingerprint density at radius 1 is 1.42 bits per heavy atom. The van der Waals surface area contributed by atoms with E-state index in [0.29, 0.717) is 18.1 Å². The Kier molecular flexibility index (Phi) is 4.79. The molecule has 1 aromatic carbocycles. The summed E-state index contributed by atoms with van der Waals surface area (Å²) in [6.45, 7) is 0.542. The highest BCUT2D eigenvalue weighted by Crippen LogP contribution is 2.24. The molecule has 2 rings (SSSR count). The lowest BCUT2D eigenvalue weighted by molar-refractivity contribution is 0.283. The maximum Gasteiger partial charge on any atom is 0.119 e. The maximum atomic E-state index is 6.09. The first-order valence-electron chi connectivity index (χ1n) is 6.03. The van der Waals surface area contributed by atoms with Gasteiger partial charge in [0.1, 0.15) is 5.75 Å². The van der Waals surface area contributed by atoms with Crippen LogP contribution in [0.4, 0.5) is 0 Å². The minimum absolute atomic E-state index is 0.0938. The predicted molar refractivity (Wildman–Crippen MR) is 74.8 cm³/mol. The third-order valence-electron chi connectivity index (χ3n) is 2.89. The Balaban J connectivity index is 1.94. The molecule has 0 aliphatic carbocycles. The number of para-hydroxylation sites is 1. The Morgan fingerprint density at radius 3 is 2.74 bits per heavy atom. The first-order chi connectivity index (χ1) is 9.22. The summed E-state index contributed by atoms with van der Waals surface area (Å²) in [5, 5.41) is 4.70. The number of aromatic nitrogens is 2. The molecular weight excluding hydrogens is 264 g/mol. The van der Waals surface area contributed by atoms with Crippen LogP contribution in [0.1, 0.15) is 18.2 Å². The van der Waals surface area contributed by atoms with E-state index in [2.05, 4.69) is 10.5 Å². The largest absolute Gasteiger partial charge is 0.494 e. The summed E-state index contributed by atoms with van der Waals surface area (Å²) in [6, 6.07) is 9.57. The van der Waals surface area contributed by atoms with Crippen molar-refractivity contribution in [1.29, 1.82) is 0 Å². The van der Waals surface area contributed by atoms with E-state index in [0.717, 1.165) is 11.4 Å². The third kappa shape index (κ3) is 3.47. The van der Waals surface area contributed by atoms with E-state index in [-0.39, 0.29) is 6.04 Å². The highest BCUT2D eigenvalue weighted by molar-refractivity contribution is 6.31. The van der Waals surface area contributed by atoms with E-state index in [1.165, 1.54) is 0 Å². The van der Waals surface area contributed by atoms with Crippen molar-refractivity contribution in [1.82, 2.24) is 15.2 Å². The van der Waals surface area contributed by atoms with E-state index in [9.17, 15) is 0 Å². The van der Waals surface area contributed by atoms with E-state index >= 15 is 0 Å². The summed E-state index contributed by atoms with van der Waals surface area (Å²) in [6.07, 6.45) is 2.31. The molecule has 0 aliphatic heterocycles.